The number of nitrogens with zero attached hydrogens (tertiary/aromatic N) is 14. The van der Waals surface area contributed by atoms with E-state index in [4.69, 9.17) is 4.74 Å². The van der Waals surface area contributed by atoms with Crippen LogP contribution in [0, 0.1) is 0 Å². The van der Waals surface area contributed by atoms with E-state index in [9.17, 15) is 65.9 Å². The molecule has 4 N–H and O–H groups in total. The third-order valence-corrected chi connectivity index (χ3v) is 15.8. The molecule has 13 rings (SSSR count). The van der Waals surface area contributed by atoms with Gasteiger partial charge in [0, 0.05) is 82.5 Å². The van der Waals surface area contributed by atoms with Crippen LogP contribution in [0.4, 0.5) is 124 Å². The van der Waals surface area contributed by atoms with Crippen LogP contribution in [0.15, 0.2) is 73.8 Å². The van der Waals surface area contributed by atoms with Gasteiger partial charge >= 0.3 is 30.9 Å². The zero-order chi connectivity index (χ0) is 65.6. The van der Waals surface area contributed by atoms with Gasteiger partial charge in [-0.2, -0.15) is 85.8 Å². The van der Waals surface area contributed by atoms with Crippen molar-refractivity contribution in [3.8, 4) is 0 Å². The summed E-state index contributed by atoms with van der Waals surface area (Å²) >= 11 is 0. The van der Waals surface area contributed by atoms with Crippen molar-refractivity contribution in [2.45, 2.75) is 159 Å². The van der Waals surface area contributed by atoms with Gasteiger partial charge in [-0.3, -0.25) is 0 Å². The van der Waals surface area contributed by atoms with Crippen LogP contribution in [-0.2, 0) is 36.0 Å². The lowest BCUT2D eigenvalue weighted by Crippen LogP contribution is -2.30. The van der Waals surface area contributed by atoms with Gasteiger partial charge in [0.05, 0.1) is 30.6 Å². The first-order valence-corrected chi connectivity index (χ1v) is 28.6. The number of aromatic nitrogens is 12. The molecule has 4 saturated carbocycles. The van der Waals surface area contributed by atoms with Crippen molar-refractivity contribution in [2.75, 3.05) is 44.3 Å². The summed E-state index contributed by atoms with van der Waals surface area (Å²) in [5.41, 5.74) is -6.59. The SMILES string of the molecule is CC.CC1(Nc2nc(N(c3ncc(C(F)(F)F)c(NC4(C)CC4)n3)c3cn(C4COC4)c4ncccc34)ncc2C(F)(F)F)CC1.CC1(Nc2nc(N(c3ncc(C(F)(F)F)c(NC4(C)CC4)n3)c3cn(CC(F)(F)F)c4ncccc34)ncc2C(F)(F)F)CC1. The van der Waals surface area contributed by atoms with Crippen molar-refractivity contribution in [3.05, 3.63) is 96.1 Å². The number of hydrogen-bond donors (Lipinski definition) is 4. The lowest BCUT2D eigenvalue weighted by molar-refractivity contribution is -0.140. The zero-order valence-electron chi connectivity index (χ0n) is 49.1. The van der Waals surface area contributed by atoms with Crippen LogP contribution < -0.4 is 31.1 Å². The van der Waals surface area contributed by atoms with Crippen molar-refractivity contribution in [3.63, 3.8) is 0 Å². The van der Waals surface area contributed by atoms with Gasteiger partial charge in [-0.25, -0.2) is 39.7 Å². The molecule has 486 valence electrons. The molecule has 9 heterocycles. The normalized spacial score (nSPS) is 17.8. The molecule has 0 radical (unpaired) electrons. The molecule has 91 heavy (non-hydrogen) atoms. The Labute approximate surface area is 507 Å². The second kappa shape index (κ2) is 22.7. The van der Waals surface area contributed by atoms with Gasteiger partial charge in [-0.1, -0.05) is 13.8 Å². The maximum atomic E-state index is 14.0. The first kappa shape index (κ1) is 64.0. The number of hydrogen-bond acceptors (Lipinski definition) is 17. The minimum absolute atomic E-state index is 0.0565. The van der Waals surface area contributed by atoms with E-state index in [1.165, 1.54) is 23.2 Å². The number of pyridine rings is 2. The minimum Gasteiger partial charge on any atom is -0.377 e. The maximum Gasteiger partial charge on any atom is 0.421 e. The van der Waals surface area contributed by atoms with E-state index in [1.807, 2.05) is 18.4 Å². The third-order valence-electron chi connectivity index (χ3n) is 15.8. The Kier molecular flexibility index (Phi) is 15.9. The first-order valence-electron chi connectivity index (χ1n) is 28.6. The van der Waals surface area contributed by atoms with Crippen LogP contribution >= 0.6 is 0 Å². The van der Waals surface area contributed by atoms with E-state index in [2.05, 4.69) is 71.1 Å². The highest BCUT2D eigenvalue weighted by molar-refractivity contribution is 5.96. The van der Waals surface area contributed by atoms with Crippen molar-refractivity contribution in [1.82, 2.24) is 59.0 Å². The average molecular weight is 1300 g/mol. The fourth-order valence-electron chi connectivity index (χ4n) is 9.64. The van der Waals surface area contributed by atoms with Crippen LogP contribution in [0.25, 0.3) is 22.1 Å². The molecule has 0 atom stereocenters. The molecule has 4 aliphatic carbocycles. The summed E-state index contributed by atoms with van der Waals surface area (Å²) in [6, 6.07) is 6.13. The topological polar surface area (TPSA) is 203 Å². The van der Waals surface area contributed by atoms with Gasteiger partial charge in [0.25, 0.3) is 0 Å². The summed E-state index contributed by atoms with van der Waals surface area (Å²) < 4.78 is 217. The largest absolute Gasteiger partial charge is 0.421 e. The fraction of sp³-hybridized carbons (Fsp3) is 0.474. The van der Waals surface area contributed by atoms with Crippen molar-refractivity contribution in [1.29, 1.82) is 0 Å². The standard InChI is InChI=1S/C28H27F6N9O.C27H24F9N9.C2H6/c1-25(5-6-25)40-20-17(27(29,30)31)10-36-23(38-20)43(19-12-42(15-13-44-14-15)22-16(19)4-3-9-35-22)24-37-11-18(28(32,33)34)21(39-24)41-26(2)7-8-26;1-23(5-6-23)42-18-15(26(31,32)33)10-38-21(40-18)45(17-12-44(13-25(28,29)30)20-14(17)4-3-9-37-20)22-39-11-16(27(34,35)36)19(41-22)43-24(2)7-8-24;1-2/h3-4,9-12,15H,5-8,13-14H2,1-2H3,(H,36,38,40)(H,37,39,41);3-4,9-12H,5-8,13H2,1-2H3,(H,38,40,42)(H,39,41,43);1-2H3. The molecule has 0 spiro atoms. The summed E-state index contributed by atoms with van der Waals surface area (Å²) in [7, 11) is 0. The molecule has 0 amide bonds. The van der Waals surface area contributed by atoms with E-state index in [0.717, 1.165) is 15.7 Å². The Bertz CT molecular complexity index is 3850. The summed E-state index contributed by atoms with van der Waals surface area (Å²) in [5.74, 6) is -3.73. The molecule has 8 aromatic rings. The number of halogens is 15. The molecular formula is C57H57F15N18O. The Morgan fingerprint density at radius 2 is 0.769 bits per heavy atom. The van der Waals surface area contributed by atoms with Crippen LogP contribution in [0.2, 0.25) is 0 Å². The lowest BCUT2D eigenvalue weighted by Gasteiger charge is -2.28. The number of fused-ring (bicyclic) bond motifs is 2. The van der Waals surface area contributed by atoms with E-state index >= 15 is 0 Å². The second-order valence-electron chi connectivity index (χ2n) is 23.8. The highest BCUT2D eigenvalue weighted by Gasteiger charge is 2.47. The highest BCUT2D eigenvalue weighted by Crippen LogP contribution is 2.49. The summed E-state index contributed by atoms with van der Waals surface area (Å²) in [5, 5.41) is 11.9. The quantitative estimate of drug-likeness (QED) is 0.0665. The summed E-state index contributed by atoms with van der Waals surface area (Å²) in [6.45, 7) is 10.2. The lowest BCUT2D eigenvalue weighted by atomic mass is 10.2. The van der Waals surface area contributed by atoms with Crippen LogP contribution in [0.1, 0.15) is 121 Å². The predicted molar refractivity (Wildman–Crippen MR) is 304 cm³/mol. The summed E-state index contributed by atoms with van der Waals surface area (Å²) in [6.07, 6.45) is -11.4. The Hall–Kier alpha value is -8.59. The van der Waals surface area contributed by atoms with E-state index in [-0.39, 0.29) is 34.7 Å². The van der Waals surface area contributed by atoms with Gasteiger partial charge in [-0.15, -0.1) is 0 Å². The third kappa shape index (κ3) is 13.9. The van der Waals surface area contributed by atoms with Gasteiger partial charge in [0.2, 0.25) is 23.8 Å². The van der Waals surface area contributed by atoms with E-state index in [0.29, 0.717) is 106 Å². The predicted octanol–water partition coefficient (Wildman–Crippen LogP) is 15.3. The molecule has 5 fully saturated rings. The van der Waals surface area contributed by atoms with Crippen LogP contribution in [-0.4, -0.2) is 101 Å². The maximum absolute atomic E-state index is 14.0. The molecule has 0 bridgehead atoms. The molecule has 19 nitrogen and oxygen atoms in total. The summed E-state index contributed by atoms with van der Waals surface area (Å²) in [4.78, 5) is 43.4. The smallest absolute Gasteiger partial charge is 0.377 e. The Morgan fingerprint density at radius 3 is 1.05 bits per heavy atom. The zero-order valence-corrected chi connectivity index (χ0v) is 49.1. The van der Waals surface area contributed by atoms with Gasteiger partial charge < -0.3 is 35.1 Å². The number of rotatable bonds is 16. The monoisotopic (exact) mass is 1290 g/mol. The molecule has 0 unspecified atom stereocenters. The van der Waals surface area contributed by atoms with E-state index in [1.54, 1.807) is 52.2 Å². The number of anilines is 10. The van der Waals surface area contributed by atoms with Crippen molar-refractivity contribution < 1.29 is 70.6 Å². The number of alkyl halides is 15. The average Bonchev–Trinajstić information content (AvgIpc) is 1.71. The van der Waals surface area contributed by atoms with Gasteiger partial charge in [0.15, 0.2) is 0 Å². The van der Waals surface area contributed by atoms with E-state index < -0.39 is 117 Å². The van der Waals surface area contributed by atoms with Crippen LogP contribution in [0.5, 0.6) is 0 Å². The highest BCUT2D eigenvalue weighted by atomic mass is 19.4. The molecular weight excluding hydrogens is 1240 g/mol. The molecule has 8 aromatic heterocycles. The number of nitrogens with one attached hydrogen (secondary N) is 4. The Morgan fingerprint density at radius 1 is 0.462 bits per heavy atom. The minimum atomic E-state index is -4.88. The van der Waals surface area contributed by atoms with Crippen molar-refractivity contribution in [2.24, 2.45) is 0 Å². The van der Waals surface area contributed by atoms with Gasteiger partial charge in [-0.05, 0) is 103 Å². The fourth-order valence-corrected chi connectivity index (χ4v) is 9.64. The molecule has 5 aliphatic rings. The molecule has 34 heteroatoms. The molecule has 1 aliphatic heterocycles. The Balaban J connectivity index is 0.000000182. The molecule has 1 saturated heterocycles. The second-order valence-corrected chi connectivity index (χ2v) is 23.8. The molecule has 0 aromatic carbocycles. The number of ether oxygens (including phenoxy) is 1. The van der Waals surface area contributed by atoms with Gasteiger partial charge in [0.1, 0.15) is 63.4 Å². The van der Waals surface area contributed by atoms with Crippen LogP contribution in [0.3, 0.4) is 0 Å². The van der Waals surface area contributed by atoms with Crippen molar-refractivity contribution >= 4 is 80.5 Å². The first-order chi connectivity index (χ1) is 42.6.